The van der Waals surface area contributed by atoms with E-state index in [0.29, 0.717) is 28.2 Å². The third-order valence-electron chi connectivity index (χ3n) is 4.88. The van der Waals surface area contributed by atoms with Crippen LogP contribution < -0.4 is 14.2 Å². The summed E-state index contributed by atoms with van der Waals surface area (Å²) in [7, 11) is -0.958. The molecule has 0 saturated carbocycles. The van der Waals surface area contributed by atoms with Crippen molar-refractivity contribution in [1.29, 1.82) is 0 Å². The maximum Gasteiger partial charge on any atom is 0.416 e. The monoisotopic (exact) mass is 477 g/mol. The van der Waals surface area contributed by atoms with Gasteiger partial charge in [-0.1, -0.05) is 0 Å². The lowest BCUT2D eigenvalue weighted by Crippen LogP contribution is -2.18. The van der Waals surface area contributed by atoms with Gasteiger partial charge >= 0.3 is 6.18 Å². The highest BCUT2D eigenvalue weighted by molar-refractivity contribution is 7.89. The Hall–Kier alpha value is -3.57. The molecule has 7 nitrogen and oxygen atoms in total. The van der Waals surface area contributed by atoms with Gasteiger partial charge in [0.2, 0.25) is 10.0 Å². The second kappa shape index (κ2) is 8.41. The molecule has 0 radical (unpaired) electrons. The number of nitrogens with zero attached hydrogens (tertiary/aromatic N) is 1. The van der Waals surface area contributed by atoms with Crippen LogP contribution in [-0.4, -0.2) is 32.5 Å². The topological polar surface area (TPSA) is 93.3 Å². The summed E-state index contributed by atoms with van der Waals surface area (Å²) in [5.41, 5.74) is 0.748. The zero-order chi connectivity index (χ0) is 23.8. The van der Waals surface area contributed by atoms with Crippen LogP contribution in [0.3, 0.4) is 0 Å². The van der Waals surface area contributed by atoms with E-state index in [-0.39, 0.29) is 16.4 Å². The lowest BCUT2D eigenvalue weighted by atomic mass is 10.2. The summed E-state index contributed by atoms with van der Waals surface area (Å²) in [4.78, 5) is 7.57. The maximum atomic E-state index is 12.9. The number of imidazole rings is 1. The van der Waals surface area contributed by atoms with Crippen LogP contribution in [0.15, 0.2) is 65.6 Å². The Balaban J connectivity index is 1.80. The lowest BCUT2D eigenvalue weighted by molar-refractivity contribution is -0.137. The molecule has 0 aliphatic carbocycles. The average molecular weight is 477 g/mol. The normalized spacial score (nSPS) is 12.2. The molecule has 33 heavy (non-hydrogen) atoms. The van der Waals surface area contributed by atoms with Gasteiger partial charge < -0.3 is 14.5 Å². The fourth-order valence-corrected chi connectivity index (χ4v) is 3.91. The minimum Gasteiger partial charge on any atom is -0.497 e. The van der Waals surface area contributed by atoms with Crippen molar-refractivity contribution in [2.75, 3.05) is 14.2 Å². The van der Waals surface area contributed by atoms with Crippen molar-refractivity contribution >= 4 is 21.1 Å². The second-order valence-corrected chi connectivity index (χ2v) is 8.84. The Morgan fingerprint density at radius 1 is 0.970 bits per heavy atom. The molecule has 0 bridgehead atoms. The highest BCUT2D eigenvalue weighted by atomic mass is 32.2. The third kappa shape index (κ3) is 4.64. The predicted octanol–water partition coefficient (Wildman–Crippen LogP) is 4.96. The van der Waals surface area contributed by atoms with Gasteiger partial charge in [0.25, 0.3) is 0 Å². The third-order valence-corrected chi connectivity index (χ3v) is 6.30. The number of rotatable bonds is 6. The van der Waals surface area contributed by atoms with Gasteiger partial charge in [-0.25, -0.2) is 18.1 Å². The minimum atomic E-state index is -4.47. The van der Waals surface area contributed by atoms with E-state index in [2.05, 4.69) is 14.7 Å². The molecule has 172 valence electrons. The molecule has 0 aliphatic heterocycles. The molecule has 1 heterocycles. The Morgan fingerprint density at radius 3 is 2.30 bits per heavy atom. The average Bonchev–Trinajstić information content (AvgIpc) is 3.22. The summed E-state index contributed by atoms with van der Waals surface area (Å²) in [6, 6.07) is 13.5. The van der Waals surface area contributed by atoms with E-state index in [1.165, 1.54) is 44.5 Å². The van der Waals surface area contributed by atoms with Crippen molar-refractivity contribution in [2.45, 2.75) is 11.1 Å². The van der Waals surface area contributed by atoms with E-state index in [1.807, 2.05) is 0 Å². The van der Waals surface area contributed by atoms with E-state index in [4.69, 9.17) is 9.47 Å². The molecule has 0 aliphatic rings. The molecule has 0 spiro atoms. The van der Waals surface area contributed by atoms with E-state index in [0.717, 1.165) is 12.1 Å². The van der Waals surface area contributed by atoms with Gasteiger partial charge in [0, 0.05) is 6.07 Å². The largest absolute Gasteiger partial charge is 0.497 e. The molecule has 4 rings (SSSR count). The number of halogens is 3. The van der Waals surface area contributed by atoms with Crippen LogP contribution in [0.25, 0.3) is 22.4 Å². The van der Waals surface area contributed by atoms with Crippen molar-refractivity contribution in [3.8, 4) is 28.6 Å². The number of nitrogens with one attached hydrogen (secondary N) is 2. The fraction of sp³-hybridized carbons (Fsp3) is 0.136. The zero-order valence-electron chi connectivity index (χ0n) is 17.4. The molecule has 0 fully saturated rings. The number of H-pyrrole nitrogens is 1. The predicted molar refractivity (Wildman–Crippen MR) is 116 cm³/mol. The number of aromatic amines is 1. The summed E-state index contributed by atoms with van der Waals surface area (Å²) in [5, 5.41) is 0. The summed E-state index contributed by atoms with van der Waals surface area (Å²) < 4.78 is 76.5. The number of methoxy groups -OCH3 is 1. The number of aromatic nitrogens is 2. The Labute approximate surface area is 187 Å². The van der Waals surface area contributed by atoms with Gasteiger partial charge in [-0.05, 0) is 61.6 Å². The van der Waals surface area contributed by atoms with Gasteiger partial charge in [-0.15, -0.1) is 0 Å². The summed E-state index contributed by atoms with van der Waals surface area (Å²) in [6.45, 7) is 0. The molecule has 0 saturated heterocycles. The molecule has 4 aromatic rings. The molecule has 2 N–H and O–H groups in total. The zero-order valence-corrected chi connectivity index (χ0v) is 18.2. The molecule has 0 amide bonds. The summed E-state index contributed by atoms with van der Waals surface area (Å²) >= 11 is 0. The van der Waals surface area contributed by atoms with Crippen LogP contribution >= 0.6 is 0 Å². The van der Waals surface area contributed by atoms with Gasteiger partial charge in [0.15, 0.2) is 0 Å². The standard InChI is InChI=1S/C22H18F3N3O4S/c1-26-33(29,30)16-8-10-20(32-14-5-3-13(4-6-14)22(23,24)25)17(12-16)21-27-18-9-7-15(31-2)11-19(18)28-21/h3-12,26H,1-2H3,(H,27,28). The Morgan fingerprint density at radius 2 is 1.67 bits per heavy atom. The molecular formula is C22H18F3N3O4S. The first-order valence-corrected chi connectivity index (χ1v) is 11.1. The number of alkyl halides is 3. The van der Waals surface area contributed by atoms with E-state index >= 15 is 0 Å². The number of ether oxygens (including phenoxy) is 2. The Bertz CT molecular complexity index is 1420. The van der Waals surface area contributed by atoms with Gasteiger partial charge in [-0.3, -0.25) is 0 Å². The molecule has 11 heteroatoms. The molecule has 0 atom stereocenters. The summed E-state index contributed by atoms with van der Waals surface area (Å²) in [5.74, 6) is 1.26. The number of hydrogen-bond acceptors (Lipinski definition) is 5. The van der Waals surface area contributed by atoms with Crippen LogP contribution in [0.2, 0.25) is 0 Å². The lowest BCUT2D eigenvalue weighted by Gasteiger charge is -2.13. The van der Waals surface area contributed by atoms with Gasteiger partial charge in [0.1, 0.15) is 23.1 Å². The van der Waals surface area contributed by atoms with Crippen molar-refractivity contribution in [1.82, 2.24) is 14.7 Å². The van der Waals surface area contributed by atoms with Crippen molar-refractivity contribution in [2.24, 2.45) is 0 Å². The first-order valence-electron chi connectivity index (χ1n) is 9.57. The van der Waals surface area contributed by atoms with Crippen molar-refractivity contribution < 1.29 is 31.1 Å². The first kappa shape index (κ1) is 22.6. The number of benzene rings is 3. The second-order valence-electron chi connectivity index (χ2n) is 6.96. The van der Waals surface area contributed by atoms with Crippen molar-refractivity contribution in [3.05, 3.63) is 66.2 Å². The Kier molecular flexibility index (Phi) is 5.76. The van der Waals surface area contributed by atoms with Gasteiger partial charge in [-0.2, -0.15) is 13.2 Å². The molecular weight excluding hydrogens is 459 g/mol. The van der Waals surface area contributed by atoms with Crippen LogP contribution in [-0.2, 0) is 16.2 Å². The van der Waals surface area contributed by atoms with Gasteiger partial charge in [0.05, 0.1) is 34.2 Å². The minimum absolute atomic E-state index is 0.0298. The van der Waals surface area contributed by atoms with Crippen molar-refractivity contribution in [3.63, 3.8) is 0 Å². The molecule has 0 unspecified atom stereocenters. The quantitative estimate of drug-likeness (QED) is 0.410. The number of fused-ring (bicyclic) bond motifs is 1. The summed E-state index contributed by atoms with van der Waals surface area (Å²) in [6.07, 6.45) is -4.47. The highest BCUT2D eigenvalue weighted by Crippen LogP contribution is 2.36. The SMILES string of the molecule is CNS(=O)(=O)c1ccc(Oc2ccc(C(F)(F)F)cc2)c(-c2nc3ccc(OC)cc3[nH]2)c1. The van der Waals surface area contributed by atoms with E-state index < -0.39 is 21.8 Å². The van der Waals surface area contributed by atoms with Crippen LogP contribution in [0.5, 0.6) is 17.2 Å². The first-order chi connectivity index (χ1) is 15.6. The van der Waals surface area contributed by atoms with E-state index in [9.17, 15) is 21.6 Å². The number of sulfonamides is 1. The molecule has 1 aromatic heterocycles. The van der Waals surface area contributed by atoms with Crippen LogP contribution in [0, 0.1) is 0 Å². The van der Waals surface area contributed by atoms with E-state index in [1.54, 1.807) is 18.2 Å². The van der Waals surface area contributed by atoms with Crippen LogP contribution in [0.4, 0.5) is 13.2 Å². The maximum absolute atomic E-state index is 12.9. The van der Waals surface area contributed by atoms with Crippen LogP contribution in [0.1, 0.15) is 5.56 Å². The smallest absolute Gasteiger partial charge is 0.416 e. The number of hydrogen-bond donors (Lipinski definition) is 2. The molecule has 3 aromatic carbocycles. The highest BCUT2D eigenvalue weighted by Gasteiger charge is 2.30. The fourth-order valence-electron chi connectivity index (χ4n) is 3.15.